The van der Waals surface area contributed by atoms with E-state index in [9.17, 15) is 14.9 Å². The molecule has 1 N–H and O–H groups in total. The van der Waals surface area contributed by atoms with Gasteiger partial charge < -0.3 is 19.4 Å². The van der Waals surface area contributed by atoms with Crippen molar-refractivity contribution in [3.63, 3.8) is 0 Å². The maximum absolute atomic E-state index is 12.8. The predicted molar refractivity (Wildman–Crippen MR) is 136 cm³/mol. The van der Waals surface area contributed by atoms with E-state index in [4.69, 9.17) is 20.8 Å². The number of piperazine rings is 1. The normalized spacial score (nSPS) is 14.1. The topological polar surface area (TPSA) is 98.8 Å². The second-order valence-corrected chi connectivity index (χ2v) is 8.87. The fourth-order valence-corrected chi connectivity index (χ4v) is 4.48. The van der Waals surface area contributed by atoms with E-state index in [0.29, 0.717) is 17.0 Å². The summed E-state index contributed by atoms with van der Waals surface area (Å²) in [4.78, 5) is 29.9. The highest BCUT2D eigenvalue weighted by molar-refractivity contribution is 6.31. The van der Waals surface area contributed by atoms with Crippen molar-refractivity contribution in [2.24, 2.45) is 0 Å². The van der Waals surface area contributed by atoms with Crippen molar-refractivity contribution >= 4 is 34.2 Å². The first kappa shape index (κ1) is 24.6. The standard InChI is InChI=1S/C26H27ClN4O4/c1-17-23(16-28)35-25-19(24(17)32)5-3-6-20(25)26(33)29-9-4-10-30-11-13-31(14-12-30)21-15-18(27)7-8-22(21)34-2/h3,5-8,15H,4,9-14H2,1-2H3,(H,29,33). The molecule has 1 aliphatic rings. The average molecular weight is 495 g/mol. The van der Waals surface area contributed by atoms with Crippen LogP contribution >= 0.6 is 11.6 Å². The van der Waals surface area contributed by atoms with Crippen molar-refractivity contribution in [3.8, 4) is 11.8 Å². The van der Waals surface area contributed by atoms with E-state index in [1.165, 1.54) is 0 Å². The van der Waals surface area contributed by atoms with Crippen LogP contribution in [0.1, 0.15) is 28.1 Å². The lowest BCUT2D eigenvalue weighted by atomic mass is 10.1. The van der Waals surface area contributed by atoms with E-state index in [-0.39, 0.29) is 33.8 Å². The van der Waals surface area contributed by atoms with Crippen LogP contribution in [-0.4, -0.2) is 57.2 Å². The molecule has 0 bridgehead atoms. The molecule has 1 aromatic heterocycles. The van der Waals surface area contributed by atoms with Gasteiger partial charge in [0.2, 0.25) is 5.76 Å². The number of benzene rings is 2. The van der Waals surface area contributed by atoms with Crippen LogP contribution in [0.25, 0.3) is 11.0 Å². The number of carbonyl (C=O) groups excluding carboxylic acids is 1. The Balaban J connectivity index is 1.30. The summed E-state index contributed by atoms with van der Waals surface area (Å²) in [6.45, 7) is 6.39. The lowest BCUT2D eigenvalue weighted by molar-refractivity contribution is 0.0952. The van der Waals surface area contributed by atoms with Crippen molar-refractivity contribution < 1.29 is 13.9 Å². The highest BCUT2D eigenvalue weighted by Crippen LogP contribution is 2.31. The molecule has 0 unspecified atom stereocenters. The third-order valence-electron chi connectivity index (χ3n) is 6.28. The van der Waals surface area contributed by atoms with Crippen LogP contribution in [0, 0.1) is 18.3 Å². The maximum Gasteiger partial charge on any atom is 0.255 e. The van der Waals surface area contributed by atoms with Crippen LogP contribution in [0.3, 0.4) is 0 Å². The van der Waals surface area contributed by atoms with Crippen LogP contribution in [0.2, 0.25) is 5.02 Å². The number of halogens is 1. The van der Waals surface area contributed by atoms with Crippen LogP contribution in [0.5, 0.6) is 5.75 Å². The Hall–Kier alpha value is -3.54. The minimum Gasteiger partial charge on any atom is -0.495 e. The molecule has 0 aliphatic carbocycles. The number of hydrogen-bond acceptors (Lipinski definition) is 7. The van der Waals surface area contributed by atoms with E-state index in [1.54, 1.807) is 32.2 Å². The van der Waals surface area contributed by atoms with Gasteiger partial charge in [0, 0.05) is 37.7 Å². The fraction of sp³-hybridized carbons (Fsp3) is 0.346. The number of para-hydroxylation sites is 1. The summed E-state index contributed by atoms with van der Waals surface area (Å²) >= 11 is 6.18. The average Bonchev–Trinajstić information content (AvgIpc) is 2.88. The zero-order valence-electron chi connectivity index (χ0n) is 19.8. The Kier molecular flexibility index (Phi) is 7.59. The van der Waals surface area contributed by atoms with E-state index in [2.05, 4.69) is 15.1 Å². The van der Waals surface area contributed by atoms with Crippen LogP contribution in [-0.2, 0) is 0 Å². The number of nitrogens with one attached hydrogen (secondary N) is 1. The molecule has 1 saturated heterocycles. The van der Waals surface area contributed by atoms with Gasteiger partial charge in [-0.25, -0.2) is 0 Å². The molecule has 0 radical (unpaired) electrons. The molecule has 0 atom stereocenters. The Morgan fingerprint density at radius 2 is 2.00 bits per heavy atom. The molecule has 8 nitrogen and oxygen atoms in total. The SMILES string of the molecule is COc1ccc(Cl)cc1N1CCN(CCCNC(=O)c2cccc3c(=O)c(C)c(C#N)oc23)CC1. The van der Waals surface area contributed by atoms with Gasteiger partial charge in [-0.2, -0.15) is 5.26 Å². The third kappa shape index (κ3) is 5.26. The highest BCUT2D eigenvalue weighted by Gasteiger charge is 2.20. The number of ether oxygens (including phenoxy) is 1. The maximum atomic E-state index is 12.8. The first-order valence-corrected chi connectivity index (χ1v) is 11.9. The fourth-order valence-electron chi connectivity index (χ4n) is 4.32. The molecule has 9 heteroatoms. The molecule has 3 aromatic rings. The number of hydrogen-bond donors (Lipinski definition) is 1. The Morgan fingerprint density at radius 3 is 2.71 bits per heavy atom. The number of anilines is 1. The zero-order chi connectivity index (χ0) is 24.9. The van der Waals surface area contributed by atoms with Gasteiger partial charge >= 0.3 is 0 Å². The molecule has 2 aromatic carbocycles. The molecule has 0 spiro atoms. The van der Waals surface area contributed by atoms with Gasteiger partial charge in [-0.3, -0.25) is 14.5 Å². The second kappa shape index (κ2) is 10.8. The van der Waals surface area contributed by atoms with Crippen LogP contribution in [0.15, 0.2) is 45.6 Å². The first-order valence-electron chi connectivity index (χ1n) is 11.5. The third-order valence-corrected chi connectivity index (χ3v) is 6.52. The summed E-state index contributed by atoms with van der Waals surface area (Å²) in [5.41, 5.74) is 1.34. The highest BCUT2D eigenvalue weighted by atomic mass is 35.5. The monoisotopic (exact) mass is 494 g/mol. The summed E-state index contributed by atoms with van der Waals surface area (Å²) in [5, 5.41) is 13.1. The number of nitrogens with zero attached hydrogens (tertiary/aromatic N) is 3. The van der Waals surface area contributed by atoms with Gasteiger partial charge in [-0.1, -0.05) is 17.7 Å². The number of methoxy groups -OCH3 is 1. The number of fused-ring (bicyclic) bond motifs is 1. The molecular weight excluding hydrogens is 468 g/mol. The number of nitriles is 1. The molecule has 0 saturated carbocycles. The largest absolute Gasteiger partial charge is 0.495 e. The summed E-state index contributed by atoms with van der Waals surface area (Å²) in [5.74, 6) is 0.411. The molecule has 182 valence electrons. The van der Waals surface area contributed by atoms with Gasteiger partial charge in [-0.15, -0.1) is 0 Å². The summed E-state index contributed by atoms with van der Waals surface area (Å²) in [6.07, 6.45) is 0.781. The van der Waals surface area contributed by atoms with Crippen molar-refractivity contribution in [1.29, 1.82) is 5.26 Å². The quantitative estimate of drug-likeness (QED) is 0.501. The molecule has 1 amide bonds. The Bertz CT molecular complexity index is 1340. The van der Waals surface area contributed by atoms with E-state index < -0.39 is 0 Å². The molecule has 4 rings (SSSR count). The van der Waals surface area contributed by atoms with Gasteiger partial charge in [0.25, 0.3) is 5.91 Å². The number of carbonyl (C=O) groups is 1. The molecular formula is C26H27ClN4O4. The molecule has 1 aliphatic heterocycles. The smallest absolute Gasteiger partial charge is 0.255 e. The van der Waals surface area contributed by atoms with Gasteiger partial charge in [0.1, 0.15) is 11.8 Å². The van der Waals surface area contributed by atoms with E-state index in [1.807, 2.05) is 24.3 Å². The first-order chi connectivity index (χ1) is 16.9. The van der Waals surface area contributed by atoms with Gasteiger partial charge in [0.15, 0.2) is 11.0 Å². The van der Waals surface area contributed by atoms with Crippen LogP contribution in [0.4, 0.5) is 5.69 Å². The predicted octanol–water partition coefficient (Wildman–Crippen LogP) is 3.58. The lowest BCUT2D eigenvalue weighted by Crippen LogP contribution is -2.47. The summed E-state index contributed by atoms with van der Waals surface area (Å²) in [7, 11) is 1.66. The van der Waals surface area contributed by atoms with Crippen LogP contribution < -0.4 is 20.4 Å². The molecule has 35 heavy (non-hydrogen) atoms. The Morgan fingerprint density at radius 1 is 1.23 bits per heavy atom. The lowest BCUT2D eigenvalue weighted by Gasteiger charge is -2.36. The summed E-state index contributed by atoms with van der Waals surface area (Å²) < 4.78 is 11.1. The van der Waals surface area contributed by atoms with E-state index >= 15 is 0 Å². The zero-order valence-corrected chi connectivity index (χ0v) is 20.5. The van der Waals surface area contributed by atoms with Crippen molar-refractivity contribution in [2.75, 3.05) is 51.3 Å². The minimum atomic E-state index is -0.329. The van der Waals surface area contributed by atoms with Crippen molar-refractivity contribution in [3.05, 3.63) is 68.5 Å². The Labute approximate surface area is 208 Å². The summed E-state index contributed by atoms with van der Waals surface area (Å²) in [6, 6.07) is 12.4. The van der Waals surface area contributed by atoms with E-state index in [0.717, 1.165) is 50.6 Å². The van der Waals surface area contributed by atoms with Crippen molar-refractivity contribution in [1.82, 2.24) is 10.2 Å². The number of amides is 1. The second-order valence-electron chi connectivity index (χ2n) is 8.43. The van der Waals surface area contributed by atoms with Crippen molar-refractivity contribution in [2.45, 2.75) is 13.3 Å². The number of rotatable bonds is 7. The molecule has 1 fully saturated rings. The van der Waals surface area contributed by atoms with Gasteiger partial charge in [-0.05, 0) is 50.2 Å². The molecule has 2 heterocycles. The minimum absolute atomic E-state index is 0.0720. The van der Waals surface area contributed by atoms with Gasteiger partial charge in [0.05, 0.1) is 29.3 Å².